The van der Waals surface area contributed by atoms with Crippen LogP contribution in [0, 0.1) is 0 Å². The van der Waals surface area contributed by atoms with Crippen LogP contribution in [0.5, 0.6) is 0 Å². The molecule has 1 fully saturated rings. The van der Waals surface area contributed by atoms with Crippen LogP contribution in [0.3, 0.4) is 0 Å². The number of urea groups is 1. The Bertz CT molecular complexity index is 674. The highest BCUT2D eigenvalue weighted by molar-refractivity contribution is 7.91. The maximum atomic E-state index is 12.2. The van der Waals surface area contributed by atoms with Gasteiger partial charge in [0.15, 0.2) is 9.84 Å². The molecule has 1 aliphatic heterocycles. The molecule has 0 spiro atoms. The highest BCUT2D eigenvalue weighted by Gasteiger charge is 2.29. The van der Waals surface area contributed by atoms with Gasteiger partial charge in [0.2, 0.25) is 0 Å². The SMILES string of the molecule is CCc1ccc(Cl)c(CC)c1NC(=O)N[C@@H]1CCS(=O)(=O)C1. The van der Waals surface area contributed by atoms with Crippen molar-refractivity contribution in [2.24, 2.45) is 0 Å². The first kappa shape index (κ1) is 17.1. The van der Waals surface area contributed by atoms with Crippen molar-refractivity contribution in [2.45, 2.75) is 39.2 Å². The summed E-state index contributed by atoms with van der Waals surface area (Å²) in [5.74, 6) is 0.146. The summed E-state index contributed by atoms with van der Waals surface area (Å²) in [6.07, 6.45) is 1.95. The van der Waals surface area contributed by atoms with Crippen molar-refractivity contribution in [3.8, 4) is 0 Å². The number of nitrogens with one attached hydrogen (secondary N) is 2. The predicted molar refractivity (Wildman–Crippen MR) is 89.4 cm³/mol. The monoisotopic (exact) mass is 344 g/mol. The molecule has 0 radical (unpaired) electrons. The fourth-order valence-electron chi connectivity index (χ4n) is 2.71. The molecular weight excluding hydrogens is 324 g/mol. The van der Waals surface area contributed by atoms with Crippen LogP contribution < -0.4 is 10.6 Å². The third-order valence-corrected chi connectivity index (χ3v) is 6.00. The third-order valence-electron chi connectivity index (χ3n) is 3.88. The molecule has 0 unspecified atom stereocenters. The predicted octanol–water partition coefficient (Wildman–Crippen LogP) is 2.77. The van der Waals surface area contributed by atoms with Crippen LogP contribution >= 0.6 is 11.6 Å². The van der Waals surface area contributed by atoms with E-state index in [1.165, 1.54) is 0 Å². The van der Waals surface area contributed by atoms with Gasteiger partial charge in [0, 0.05) is 11.1 Å². The van der Waals surface area contributed by atoms with Crippen LogP contribution in [-0.2, 0) is 22.7 Å². The van der Waals surface area contributed by atoms with Gasteiger partial charge in [0.05, 0.1) is 17.2 Å². The second kappa shape index (κ2) is 6.87. The average Bonchev–Trinajstić information content (AvgIpc) is 2.78. The lowest BCUT2D eigenvalue weighted by molar-refractivity contribution is 0.249. The summed E-state index contributed by atoms with van der Waals surface area (Å²) in [6.45, 7) is 3.99. The molecular formula is C15H21ClN2O3S. The molecule has 122 valence electrons. The third kappa shape index (κ3) is 3.93. The molecule has 2 amide bonds. The quantitative estimate of drug-likeness (QED) is 0.881. The van der Waals surface area contributed by atoms with Crippen LogP contribution in [0.15, 0.2) is 12.1 Å². The van der Waals surface area contributed by atoms with E-state index in [2.05, 4.69) is 10.6 Å². The Morgan fingerprint density at radius 3 is 2.59 bits per heavy atom. The lowest BCUT2D eigenvalue weighted by Crippen LogP contribution is -2.39. The molecule has 5 nitrogen and oxygen atoms in total. The Labute approximate surface area is 136 Å². The molecule has 0 aliphatic carbocycles. The van der Waals surface area contributed by atoms with Gasteiger partial charge < -0.3 is 10.6 Å². The molecule has 1 aromatic rings. The van der Waals surface area contributed by atoms with Gasteiger partial charge in [-0.15, -0.1) is 0 Å². The minimum Gasteiger partial charge on any atom is -0.334 e. The number of carbonyl (C=O) groups is 1. The van der Waals surface area contributed by atoms with E-state index in [0.717, 1.165) is 23.2 Å². The second-order valence-corrected chi connectivity index (χ2v) is 8.10. The summed E-state index contributed by atoms with van der Waals surface area (Å²) in [7, 11) is -3.01. The van der Waals surface area contributed by atoms with Crippen molar-refractivity contribution < 1.29 is 13.2 Å². The minimum atomic E-state index is -3.01. The molecule has 0 aromatic heterocycles. The number of rotatable bonds is 4. The summed E-state index contributed by atoms with van der Waals surface area (Å²) >= 11 is 6.20. The number of hydrogen-bond acceptors (Lipinski definition) is 3. The van der Waals surface area contributed by atoms with Crippen LogP contribution in [0.25, 0.3) is 0 Å². The topological polar surface area (TPSA) is 75.3 Å². The largest absolute Gasteiger partial charge is 0.334 e. The zero-order valence-electron chi connectivity index (χ0n) is 12.8. The van der Waals surface area contributed by atoms with Crippen LogP contribution in [0.1, 0.15) is 31.4 Å². The van der Waals surface area contributed by atoms with Gasteiger partial charge >= 0.3 is 6.03 Å². The highest BCUT2D eigenvalue weighted by atomic mass is 35.5. The molecule has 1 aromatic carbocycles. The summed E-state index contributed by atoms with van der Waals surface area (Å²) < 4.78 is 22.9. The number of carbonyl (C=O) groups excluding carboxylic acids is 1. The molecule has 22 heavy (non-hydrogen) atoms. The standard InChI is InChI=1S/C15H21ClN2O3S/c1-3-10-5-6-13(16)12(4-2)14(10)18-15(19)17-11-7-8-22(20,21)9-11/h5-6,11H,3-4,7-9H2,1-2H3,(H2,17,18,19)/t11-/m1/s1. The van der Waals surface area contributed by atoms with Crippen LogP contribution in [0.2, 0.25) is 5.02 Å². The number of sulfone groups is 1. The number of hydrogen-bond donors (Lipinski definition) is 2. The molecule has 2 N–H and O–H groups in total. The zero-order valence-corrected chi connectivity index (χ0v) is 14.4. The van der Waals surface area contributed by atoms with Crippen molar-refractivity contribution >= 4 is 33.2 Å². The van der Waals surface area contributed by atoms with Gasteiger partial charge in [-0.2, -0.15) is 0 Å². The lowest BCUT2D eigenvalue weighted by Gasteiger charge is -2.18. The molecule has 7 heteroatoms. The van der Waals surface area contributed by atoms with Crippen LogP contribution in [-0.4, -0.2) is 32.0 Å². The van der Waals surface area contributed by atoms with E-state index in [4.69, 9.17) is 11.6 Å². The van der Waals surface area contributed by atoms with Crippen LogP contribution in [0.4, 0.5) is 10.5 Å². The summed E-state index contributed by atoms with van der Waals surface area (Å²) in [5, 5.41) is 6.20. The van der Waals surface area contributed by atoms with Gasteiger partial charge in [-0.25, -0.2) is 13.2 Å². The summed E-state index contributed by atoms with van der Waals surface area (Å²) in [4.78, 5) is 12.2. The smallest absolute Gasteiger partial charge is 0.319 e. The molecule has 0 bridgehead atoms. The van der Waals surface area contributed by atoms with Gasteiger partial charge in [-0.1, -0.05) is 31.5 Å². The summed E-state index contributed by atoms with van der Waals surface area (Å²) in [6, 6.07) is 3.04. The number of halogens is 1. The van der Waals surface area contributed by atoms with E-state index in [9.17, 15) is 13.2 Å². The van der Waals surface area contributed by atoms with Gasteiger partial charge in [0.1, 0.15) is 0 Å². The number of aryl methyl sites for hydroxylation is 1. The van der Waals surface area contributed by atoms with Gasteiger partial charge in [0.25, 0.3) is 0 Å². The first-order valence-electron chi connectivity index (χ1n) is 7.44. The Kier molecular flexibility index (Phi) is 5.34. The van der Waals surface area contributed by atoms with Gasteiger partial charge in [-0.05, 0) is 36.5 Å². The number of amides is 2. The Balaban J connectivity index is 2.13. The molecule has 1 atom stereocenters. The second-order valence-electron chi connectivity index (χ2n) is 5.47. The molecule has 1 saturated heterocycles. The first-order valence-corrected chi connectivity index (χ1v) is 9.64. The molecule has 1 heterocycles. The zero-order chi connectivity index (χ0) is 16.3. The lowest BCUT2D eigenvalue weighted by atomic mass is 10.0. The maximum absolute atomic E-state index is 12.2. The molecule has 2 rings (SSSR count). The fourth-order valence-corrected chi connectivity index (χ4v) is 4.68. The van der Waals surface area contributed by atoms with Crippen molar-refractivity contribution in [3.05, 3.63) is 28.3 Å². The van der Waals surface area contributed by atoms with Crippen molar-refractivity contribution in [1.82, 2.24) is 5.32 Å². The molecule has 1 aliphatic rings. The number of anilines is 1. The van der Waals surface area contributed by atoms with Crippen molar-refractivity contribution in [2.75, 3.05) is 16.8 Å². The Morgan fingerprint density at radius 2 is 2.05 bits per heavy atom. The van der Waals surface area contributed by atoms with Gasteiger partial charge in [-0.3, -0.25) is 0 Å². The summed E-state index contributed by atoms with van der Waals surface area (Å²) in [5.41, 5.74) is 2.64. The van der Waals surface area contributed by atoms with E-state index >= 15 is 0 Å². The fraction of sp³-hybridized carbons (Fsp3) is 0.533. The van der Waals surface area contributed by atoms with E-state index < -0.39 is 9.84 Å². The van der Waals surface area contributed by atoms with E-state index in [1.807, 2.05) is 26.0 Å². The minimum absolute atomic E-state index is 0.0111. The van der Waals surface area contributed by atoms with E-state index in [0.29, 0.717) is 17.9 Å². The Hall–Kier alpha value is -1.27. The van der Waals surface area contributed by atoms with Crippen molar-refractivity contribution in [3.63, 3.8) is 0 Å². The highest BCUT2D eigenvalue weighted by Crippen LogP contribution is 2.29. The number of benzene rings is 1. The van der Waals surface area contributed by atoms with Crippen molar-refractivity contribution in [1.29, 1.82) is 0 Å². The maximum Gasteiger partial charge on any atom is 0.319 e. The normalized spacial score (nSPS) is 19.9. The van der Waals surface area contributed by atoms with E-state index in [1.54, 1.807) is 0 Å². The molecule has 0 saturated carbocycles. The Morgan fingerprint density at radius 1 is 1.32 bits per heavy atom. The van der Waals surface area contributed by atoms with E-state index in [-0.39, 0.29) is 23.6 Å². The first-order chi connectivity index (χ1) is 10.4. The average molecular weight is 345 g/mol.